The van der Waals surface area contributed by atoms with E-state index < -0.39 is 10.8 Å². The van der Waals surface area contributed by atoms with E-state index in [2.05, 4.69) is 5.32 Å². The molecule has 162 valence electrons. The molecule has 4 rings (SSSR count). The van der Waals surface area contributed by atoms with Crippen LogP contribution in [0.15, 0.2) is 89.3 Å². The number of benzene rings is 3. The van der Waals surface area contributed by atoms with Crippen molar-refractivity contribution in [1.29, 1.82) is 5.26 Å². The van der Waals surface area contributed by atoms with Crippen molar-refractivity contribution >= 4 is 17.5 Å². The van der Waals surface area contributed by atoms with Gasteiger partial charge in [-0.25, -0.2) is 0 Å². The van der Waals surface area contributed by atoms with E-state index >= 15 is 0 Å². The summed E-state index contributed by atoms with van der Waals surface area (Å²) in [6.07, 6.45) is 0. The zero-order valence-electron chi connectivity index (χ0n) is 17.2. The van der Waals surface area contributed by atoms with Crippen LogP contribution in [0.25, 0.3) is 22.5 Å². The van der Waals surface area contributed by atoms with Gasteiger partial charge in [-0.15, -0.1) is 0 Å². The number of nitrogens with one attached hydrogen (secondary N) is 1. The van der Waals surface area contributed by atoms with Gasteiger partial charge in [0.15, 0.2) is 6.61 Å². The van der Waals surface area contributed by atoms with E-state index in [0.29, 0.717) is 11.3 Å². The summed E-state index contributed by atoms with van der Waals surface area (Å²) < 4.78 is 11.1. The fraction of sp³-hybridized carbons (Fsp3) is 0.0400. The number of nitro benzene ring substituents is 1. The average molecular weight is 439 g/mol. The van der Waals surface area contributed by atoms with E-state index in [1.165, 1.54) is 24.3 Å². The lowest BCUT2D eigenvalue weighted by molar-refractivity contribution is -0.384. The number of ether oxygens (including phenoxy) is 1. The van der Waals surface area contributed by atoms with Crippen molar-refractivity contribution in [1.82, 2.24) is 0 Å². The molecule has 0 radical (unpaired) electrons. The van der Waals surface area contributed by atoms with Crippen molar-refractivity contribution in [3.05, 3.63) is 101 Å². The number of anilines is 1. The Labute approximate surface area is 188 Å². The van der Waals surface area contributed by atoms with E-state index in [1.54, 1.807) is 18.2 Å². The summed E-state index contributed by atoms with van der Waals surface area (Å²) in [5.41, 5.74) is 2.49. The van der Waals surface area contributed by atoms with Crippen LogP contribution < -0.4 is 10.1 Å². The third kappa shape index (κ3) is 5.06. The lowest BCUT2D eigenvalue weighted by atomic mass is 10.1. The van der Waals surface area contributed by atoms with Crippen LogP contribution in [0.4, 0.5) is 11.6 Å². The van der Waals surface area contributed by atoms with Crippen LogP contribution in [0.2, 0.25) is 0 Å². The number of rotatable bonds is 7. The summed E-state index contributed by atoms with van der Waals surface area (Å²) in [7, 11) is 0. The van der Waals surface area contributed by atoms with Crippen molar-refractivity contribution in [3.63, 3.8) is 0 Å². The summed E-state index contributed by atoms with van der Waals surface area (Å²) in [6.45, 7) is -0.289. The summed E-state index contributed by atoms with van der Waals surface area (Å²) in [5, 5.41) is 22.9. The lowest BCUT2D eigenvalue weighted by Crippen LogP contribution is -2.20. The number of nitrogens with zero attached hydrogens (tertiary/aromatic N) is 2. The minimum Gasteiger partial charge on any atom is -0.484 e. The molecule has 0 atom stereocenters. The smallest absolute Gasteiger partial charge is 0.270 e. The molecule has 8 heteroatoms. The van der Waals surface area contributed by atoms with Gasteiger partial charge in [0.25, 0.3) is 11.6 Å². The molecular formula is C25H17N3O5. The predicted molar refractivity (Wildman–Crippen MR) is 122 cm³/mol. The van der Waals surface area contributed by atoms with Gasteiger partial charge < -0.3 is 9.15 Å². The molecule has 0 unspecified atom stereocenters. The molecule has 1 aromatic heterocycles. The molecule has 3 aromatic carbocycles. The molecule has 0 aliphatic rings. The Hall–Kier alpha value is -4.90. The van der Waals surface area contributed by atoms with Gasteiger partial charge in [-0.2, -0.15) is 5.26 Å². The van der Waals surface area contributed by atoms with E-state index in [9.17, 15) is 20.2 Å². The third-order valence-electron chi connectivity index (χ3n) is 4.78. The first-order valence-corrected chi connectivity index (χ1v) is 9.90. The largest absolute Gasteiger partial charge is 0.484 e. The average Bonchev–Trinajstić information content (AvgIpc) is 3.26. The van der Waals surface area contributed by atoms with Crippen LogP contribution in [-0.2, 0) is 4.79 Å². The fourth-order valence-electron chi connectivity index (χ4n) is 3.17. The van der Waals surface area contributed by atoms with Crippen LogP contribution in [-0.4, -0.2) is 17.4 Å². The zero-order chi connectivity index (χ0) is 23.2. The van der Waals surface area contributed by atoms with E-state index in [-0.39, 0.29) is 29.5 Å². The molecule has 0 fully saturated rings. The highest BCUT2D eigenvalue weighted by atomic mass is 16.6. The highest BCUT2D eigenvalue weighted by Gasteiger charge is 2.17. The first kappa shape index (κ1) is 21.3. The Kier molecular flexibility index (Phi) is 6.14. The standard InChI is InChI=1S/C25H17N3O5/c26-15-20-14-23(19-7-4-8-21(13-19)28(30)31)33-25(20)27-24(29)16-32-22-11-9-18(10-12-22)17-5-2-1-3-6-17/h1-14H,16H2,(H,27,29). The lowest BCUT2D eigenvalue weighted by Gasteiger charge is -2.07. The minimum atomic E-state index is -0.524. The van der Waals surface area contributed by atoms with Crippen LogP contribution in [0.5, 0.6) is 5.75 Å². The van der Waals surface area contributed by atoms with Gasteiger partial charge in [-0.05, 0) is 23.3 Å². The van der Waals surface area contributed by atoms with Gasteiger partial charge >= 0.3 is 0 Å². The maximum atomic E-state index is 12.3. The minimum absolute atomic E-state index is 0.0490. The number of amides is 1. The Bertz CT molecular complexity index is 1340. The van der Waals surface area contributed by atoms with Crippen LogP contribution in [0, 0.1) is 21.4 Å². The molecule has 1 amide bonds. The third-order valence-corrected chi connectivity index (χ3v) is 4.78. The molecule has 0 saturated heterocycles. The molecule has 1 N–H and O–H groups in total. The van der Waals surface area contributed by atoms with Gasteiger partial charge in [-0.3, -0.25) is 20.2 Å². The monoisotopic (exact) mass is 439 g/mol. The SMILES string of the molecule is N#Cc1cc(-c2cccc([N+](=O)[O-])c2)oc1NC(=O)COc1ccc(-c2ccccc2)cc1. The number of carbonyl (C=O) groups is 1. The van der Waals surface area contributed by atoms with Crippen molar-refractivity contribution in [2.24, 2.45) is 0 Å². The summed E-state index contributed by atoms with van der Waals surface area (Å²) in [4.78, 5) is 22.8. The number of nitro groups is 1. The number of nitriles is 1. The van der Waals surface area contributed by atoms with Crippen molar-refractivity contribution < 1.29 is 18.9 Å². The number of non-ortho nitro benzene ring substituents is 1. The molecule has 1 heterocycles. The zero-order valence-corrected chi connectivity index (χ0v) is 17.2. The summed E-state index contributed by atoms with van der Waals surface area (Å²) in [6, 6.07) is 26.3. The van der Waals surface area contributed by atoms with Gasteiger partial charge in [-0.1, -0.05) is 54.6 Å². The maximum absolute atomic E-state index is 12.3. The summed E-state index contributed by atoms with van der Waals surface area (Å²) in [5.74, 6) is 0.177. The van der Waals surface area contributed by atoms with Crippen molar-refractivity contribution in [3.8, 4) is 34.3 Å². The Balaban J connectivity index is 1.41. The molecule has 0 saturated carbocycles. The number of hydrogen-bond acceptors (Lipinski definition) is 6. The van der Waals surface area contributed by atoms with Gasteiger partial charge in [0.1, 0.15) is 23.1 Å². The Morgan fingerprint density at radius 3 is 2.36 bits per heavy atom. The molecule has 8 nitrogen and oxygen atoms in total. The van der Waals surface area contributed by atoms with Gasteiger partial charge in [0, 0.05) is 23.8 Å². The second-order valence-electron chi connectivity index (χ2n) is 7.00. The van der Waals surface area contributed by atoms with E-state index in [0.717, 1.165) is 11.1 Å². The second kappa shape index (κ2) is 9.49. The molecule has 0 bridgehead atoms. The fourth-order valence-corrected chi connectivity index (χ4v) is 3.17. The molecule has 0 spiro atoms. The highest BCUT2D eigenvalue weighted by molar-refractivity contribution is 5.92. The number of carbonyl (C=O) groups excluding carboxylic acids is 1. The molecule has 33 heavy (non-hydrogen) atoms. The Morgan fingerprint density at radius 2 is 1.67 bits per heavy atom. The predicted octanol–water partition coefficient (Wildman–Crippen LogP) is 5.41. The van der Waals surface area contributed by atoms with E-state index in [4.69, 9.17) is 9.15 Å². The van der Waals surface area contributed by atoms with Crippen molar-refractivity contribution in [2.45, 2.75) is 0 Å². The van der Waals surface area contributed by atoms with Crippen molar-refractivity contribution in [2.75, 3.05) is 11.9 Å². The molecular weight excluding hydrogens is 422 g/mol. The number of hydrogen-bond donors (Lipinski definition) is 1. The number of furan rings is 1. The molecule has 0 aliphatic heterocycles. The maximum Gasteiger partial charge on any atom is 0.270 e. The molecule has 4 aromatic rings. The first-order chi connectivity index (χ1) is 16.0. The topological polar surface area (TPSA) is 118 Å². The van der Waals surface area contributed by atoms with Gasteiger partial charge in [0.05, 0.1) is 4.92 Å². The van der Waals surface area contributed by atoms with Crippen LogP contribution in [0.1, 0.15) is 5.56 Å². The first-order valence-electron chi connectivity index (χ1n) is 9.90. The van der Waals surface area contributed by atoms with E-state index in [1.807, 2.05) is 48.5 Å². The summed E-state index contributed by atoms with van der Waals surface area (Å²) >= 11 is 0. The molecule has 0 aliphatic carbocycles. The normalized spacial score (nSPS) is 10.3. The van der Waals surface area contributed by atoms with Crippen LogP contribution in [0.3, 0.4) is 0 Å². The van der Waals surface area contributed by atoms with Gasteiger partial charge in [0.2, 0.25) is 5.88 Å². The van der Waals surface area contributed by atoms with Crippen LogP contribution >= 0.6 is 0 Å². The quantitative estimate of drug-likeness (QED) is 0.304. The second-order valence-corrected chi connectivity index (χ2v) is 7.00. The Morgan fingerprint density at radius 1 is 0.970 bits per heavy atom. The highest BCUT2D eigenvalue weighted by Crippen LogP contribution is 2.31.